The first-order valence-corrected chi connectivity index (χ1v) is 28.2. The van der Waals surface area contributed by atoms with Crippen molar-refractivity contribution in [3.8, 4) is 28.7 Å². The Balaban J connectivity index is -0.000000414. The number of hydrogen-bond donors (Lipinski definition) is 7. The molecule has 0 heterocycles. The van der Waals surface area contributed by atoms with Gasteiger partial charge in [-0.2, -0.15) is 0 Å². The number of rotatable bonds is 39. The first kappa shape index (κ1) is 75.3. The fourth-order valence-electron chi connectivity index (χ4n) is 7.63. The molecule has 2 aromatic rings. The molecular weight excluding hydrogens is 929 g/mol. The minimum atomic E-state index is -1.29. The number of phenolic OH excluding ortho intramolecular Hbond substituents is 5. The Morgan fingerprint density at radius 2 is 0.781 bits per heavy atom. The van der Waals surface area contributed by atoms with Gasteiger partial charge in [-0.05, 0) is 61.3 Å². The highest BCUT2D eigenvalue weighted by molar-refractivity contribution is 5.89. The zero-order chi connectivity index (χ0) is 54.5. The highest BCUT2D eigenvalue weighted by atomic mass is 16.5. The number of aliphatic hydroxyl groups excluding tert-OH is 1. The van der Waals surface area contributed by atoms with Gasteiger partial charge in [-0.3, -0.25) is 9.59 Å². The lowest BCUT2D eigenvalue weighted by molar-refractivity contribution is -0.140. The topological polar surface area (TPSA) is 243 Å². The normalized spacial score (nSPS) is 10.4. The van der Waals surface area contributed by atoms with Crippen LogP contribution in [0.5, 0.6) is 28.7 Å². The number of carbonyl (C=O) groups excluding carboxylic acids is 2. The number of carboxylic acid groups (broad SMARTS) is 1. The number of hydrogen-bond acceptors (Lipinski definition) is 11. The van der Waals surface area contributed by atoms with E-state index in [0.29, 0.717) is 26.1 Å². The third kappa shape index (κ3) is 58.5. The number of aromatic carboxylic acids is 1. The first-order valence-electron chi connectivity index (χ1n) is 28.2. The standard InChI is InChI=1S/2C16H32O2.C15H32O.C7H6O5.C6H6O2.H2O/c1-15(2)13-11-9-7-5-4-6-8-10-12-14-16(17)18-3;1-16(2)13-11-9-7-5-3-4-6-8-10-12-14-18-15-17;1-15(2)13-11-9-7-5-3-4-6-8-10-12-14-16;8-4-1-3(7(11)12)2-5(9)6(4)10;7-5-3-1-2-4-6(5)8;/h15H,4-14H2,1-3H3;15-16H,3-14H2,1-2H3;15-16H,3-14H2,1-2H3;1-2,8-10H,(H,11,12);1-4,7-8H;1H2. The minimum Gasteiger partial charge on any atom is -0.504 e. The van der Waals surface area contributed by atoms with Crippen LogP contribution in [-0.2, 0) is 19.1 Å². The lowest BCUT2D eigenvalue weighted by Crippen LogP contribution is -1.99. The summed E-state index contributed by atoms with van der Waals surface area (Å²) < 4.78 is 9.26. The van der Waals surface area contributed by atoms with Gasteiger partial charge in [0.25, 0.3) is 6.47 Å². The zero-order valence-electron chi connectivity index (χ0n) is 47.2. The third-order valence-corrected chi connectivity index (χ3v) is 12.1. The van der Waals surface area contributed by atoms with Crippen molar-refractivity contribution >= 4 is 18.4 Å². The van der Waals surface area contributed by atoms with Gasteiger partial charge in [0.1, 0.15) is 0 Å². The third-order valence-electron chi connectivity index (χ3n) is 12.1. The summed E-state index contributed by atoms with van der Waals surface area (Å²) >= 11 is 0. The molecule has 0 aliphatic heterocycles. The van der Waals surface area contributed by atoms with E-state index in [1.165, 1.54) is 205 Å². The van der Waals surface area contributed by atoms with Crippen molar-refractivity contribution < 1.29 is 65.1 Å². The minimum absolute atomic E-state index is 0. The van der Waals surface area contributed by atoms with Crippen LogP contribution in [0.1, 0.15) is 264 Å². The molecule has 428 valence electrons. The SMILES string of the molecule is CC(C)CCCCCCCCCCCCO.CC(C)CCCCCCCCCCCCOC=O.COC(=O)CCCCCCCCCCCC(C)C.O.O=C(O)c1cc(O)c(O)c(O)c1.Oc1ccccc1O. The monoisotopic (exact) mass is 1040 g/mol. The molecule has 2 aromatic carbocycles. The van der Waals surface area contributed by atoms with Gasteiger partial charge in [-0.25, -0.2) is 4.79 Å². The maximum Gasteiger partial charge on any atom is 0.335 e. The van der Waals surface area contributed by atoms with Crippen molar-refractivity contribution in [2.24, 2.45) is 17.8 Å². The second-order valence-electron chi connectivity index (χ2n) is 20.5. The number of benzene rings is 2. The van der Waals surface area contributed by atoms with E-state index in [2.05, 4.69) is 51.0 Å². The van der Waals surface area contributed by atoms with Crippen LogP contribution in [0, 0.1) is 17.8 Å². The summed E-state index contributed by atoms with van der Waals surface area (Å²) in [5, 5.41) is 60.9. The lowest BCUT2D eigenvalue weighted by atomic mass is 10.0. The summed E-state index contributed by atoms with van der Waals surface area (Å²) in [4.78, 5) is 31.1. The summed E-state index contributed by atoms with van der Waals surface area (Å²) in [6.07, 6.45) is 43.2. The first-order chi connectivity index (χ1) is 34.5. The molecule has 0 aliphatic rings. The van der Waals surface area contributed by atoms with E-state index in [-0.39, 0.29) is 28.5 Å². The predicted octanol–water partition coefficient (Wildman–Crippen LogP) is 15.9. The molecule has 0 saturated carbocycles. The van der Waals surface area contributed by atoms with E-state index in [9.17, 15) is 14.4 Å². The predicted molar refractivity (Wildman–Crippen MR) is 300 cm³/mol. The largest absolute Gasteiger partial charge is 0.504 e. The van der Waals surface area contributed by atoms with Crippen molar-refractivity contribution in [3.05, 3.63) is 42.0 Å². The Bertz CT molecular complexity index is 1450. The van der Waals surface area contributed by atoms with Crippen LogP contribution in [0.2, 0.25) is 0 Å². The zero-order valence-corrected chi connectivity index (χ0v) is 47.2. The van der Waals surface area contributed by atoms with Gasteiger partial charge in [0.2, 0.25) is 0 Å². The van der Waals surface area contributed by atoms with Crippen molar-refractivity contribution in [1.82, 2.24) is 0 Å². The number of carbonyl (C=O) groups is 3. The average Bonchev–Trinajstić information content (AvgIpc) is 3.34. The number of aliphatic hydroxyl groups is 1. The Kier molecular flexibility index (Phi) is 58.8. The van der Waals surface area contributed by atoms with Crippen molar-refractivity contribution in [2.75, 3.05) is 20.3 Å². The molecule has 0 aliphatic carbocycles. The fraction of sp³-hybridized carbons (Fsp3) is 0.750. The molecule has 0 spiro atoms. The molecule has 0 bridgehead atoms. The van der Waals surface area contributed by atoms with E-state index in [4.69, 9.17) is 35.7 Å². The van der Waals surface area contributed by atoms with E-state index in [1.807, 2.05) is 0 Å². The Morgan fingerprint density at radius 1 is 0.479 bits per heavy atom. The van der Waals surface area contributed by atoms with Crippen LogP contribution in [0.25, 0.3) is 0 Å². The molecule has 13 heteroatoms. The second-order valence-corrected chi connectivity index (χ2v) is 20.5. The molecule has 9 N–H and O–H groups in total. The van der Waals surface area contributed by atoms with E-state index in [1.54, 1.807) is 12.1 Å². The van der Waals surface area contributed by atoms with Crippen LogP contribution < -0.4 is 0 Å². The van der Waals surface area contributed by atoms with Gasteiger partial charge < -0.3 is 50.7 Å². The summed E-state index contributed by atoms with van der Waals surface area (Å²) in [5.41, 5.74) is -0.289. The maximum atomic E-state index is 10.9. The molecular formula is C60H110O13. The number of unbranched alkanes of at least 4 members (excludes halogenated alkanes) is 26. The van der Waals surface area contributed by atoms with E-state index >= 15 is 0 Å². The molecule has 0 fully saturated rings. The number of para-hydroxylation sites is 2. The van der Waals surface area contributed by atoms with Crippen LogP contribution in [0.15, 0.2) is 36.4 Å². The van der Waals surface area contributed by atoms with Gasteiger partial charge in [0.05, 0.1) is 19.3 Å². The number of ether oxygens (including phenoxy) is 2. The Labute approximate surface area is 444 Å². The molecule has 0 atom stereocenters. The van der Waals surface area contributed by atoms with Gasteiger partial charge in [0.15, 0.2) is 28.7 Å². The molecule has 73 heavy (non-hydrogen) atoms. The Hall–Kier alpha value is -4.23. The van der Waals surface area contributed by atoms with Crippen LogP contribution in [0.3, 0.4) is 0 Å². The summed E-state index contributed by atoms with van der Waals surface area (Å²) in [6, 6.07) is 7.84. The summed E-state index contributed by atoms with van der Waals surface area (Å²) in [5.74, 6) is -0.944. The highest BCUT2D eigenvalue weighted by Crippen LogP contribution is 2.35. The Morgan fingerprint density at radius 3 is 1.05 bits per heavy atom. The van der Waals surface area contributed by atoms with Gasteiger partial charge in [0, 0.05) is 13.0 Å². The molecule has 0 radical (unpaired) electrons. The van der Waals surface area contributed by atoms with Gasteiger partial charge in [-0.1, -0.05) is 240 Å². The highest BCUT2D eigenvalue weighted by Gasteiger charge is 2.12. The van der Waals surface area contributed by atoms with Gasteiger partial charge >= 0.3 is 11.9 Å². The molecule has 2 rings (SSSR count). The van der Waals surface area contributed by atoms with Crippen molar-refractivity contribution in [1.29, 1.82) is 0 Å². The average molecular weight is 1040 g/mol. The lowest BCUT2D eigenvalue weighted by Gasteiger charge is -2.04. The molecule has 0 unspecified atom stereocenters. The second kappa shape index (κ2) is 57.1. The van der Waals surface area contributed by atoms with E-state index in [0.717, 1.165) is 49.1 Å². The number of aromatic hydroxyl groups is 5. The van der Waals surface area contributed by atoms with Crippen molar-refractivity contribution in [3.63, 3.8) is 0 Å². The van der Waals surface area contributed by atoms with Crippen molar-refractivity contribution in [2.45, 2.75) is 253 Å². The van der Waals surface area contributed by atoms with Crippen LogP contribution in [-0.4, -0.2) is 80.0 Å². The number of methoxy groups -OCH3 is 1. The number of esters is 1. The molecule has 0 aromatic heterocycles. The molecule has 0 amide bonds. The van der Waals surface area contributed by atoms with Gasteiger partial charge in [-0.15, -0.1) is 0 Å². The maximum absolute atomic E-state index is 10.9. The number of phenols is 5. The van der Waals surface area contributed by atoms with Crippen LogP contribution >= 0.6 is 0 Å². The number of carboxylic acids is 1. The molecule has 13 nitrogen and oxygen atoms in total. The smallest absolute Gasteiger partial charge is 0.335 e. The summed E-state index contributed by atoms with van der Waals surface area (Å²) in [7, 11) is 1.46. The molecule has 0 saturated heterocycles. The fourth-order valence-corrected chi connectivity index (χ4v) is 7.63. The summed E-state index contributed by atoms with van der Waals surface area (Å²) in [6.45, 7) is 15.3. The quantitative estimate of drug-likeness (QED) is 0.0143. The van der Waals surface area contributed by atoms with Crippen LogP contribution in [0.4, 0.5) is 0 Å². The van der Waals surface area contributed by atoms with E-state index < -0.39 is 23.2 Å².